The minimum absolute atomic E-state index is 0.104. The summed E-state index contributed by atoms with van der Waals surface area (Å²) in [6.45, 7) is 9.63. The summed E-state index contributed by atoms with van der Waals surface area (Å²) in [6, 6.07) is 54.0. The third kappa shape index (κ3) is 4.69. The molecule has 50 heavy (non-hydrogen) atoms. The Morgan fingerprint density at radius 1 is 0.380 bits per heavy atom. The molecule has 0 N–H and O–H groups in total. The molecule has 0 saturated carbocycles. The molecular weight excluding hydrogens is 607 g/mol. The fourth-order valence-corrected chi connectivity index (χ4v) is 7.81. The van der Waals surface area contributed by atoms with Crippen LogP contribution in [0.1, 0.15) is 38.8 Å². The third-order valence-electron chi connectivity index (χ3n) is 11.3. The van der Waals surface area contributed by atoms with Crippen molar-refractivity contribution in [1.82, 2.24) is 15.0 Å². The van der Waals surface area contributed by atoms with Crippen LogP contribution in [-0.2, 0) is 10.8 Å². The van der Waals surface area contributed by atoms with E-state index in [0.29, 0.717) is 17.5 Å². The van der Waals surface area contributed by atoms with E-state index in [0.717, 1.165) is 22.3 Å². The second-order valence-electron chi connectivity index (χ2n) is 14.5. The molecule has 0 spiro atoms. The van der Waals surface area contributed by atoms with E-state index in [1.54, 1.807) is 0 Å². The molecule has 0 radical (unpaired) electrons. The van der Waals surface area contributed by atoms with Gasteiger partial charge in [-0.3, -0.25) is 0 Å². The number of rotatable bonds is 4. The van der Waals surface area contributed by atoms with Crippen LogP contribution in [0.5, 0.6) is 0 Å². The van der Waals surface area contributed by atoms with Crippen molar-refractivity contribution >= 4 is 21.5 Å². The van der Waals surface area contributed by atoms with E-state index in [4.69, 9.17) is 15.0 Å². The molecule has 0 amide bonds. The summed E-state index contributed by atoms with van der Waals surface area (Å²) in [5.41, 5.74) is 10.4. The molecule has 1 aliphatic carbocycles. The minimum Gasteiger partial charge on any atom is -0.208 e. The van der Waals surface area contributed by atoms with Gasteiger partial charge in [0.1, 0.15) is 0 Å². The van der Waals surface area contributed by atoms with Crippen LogP contribution in [0.25, 0.3) is 78.0 Å². The van der Waals surface area contributed by atoms with Crippen LogP contribution in [0.15, 0.2) is 152 Å². The third-order valence-corrected chi connectivity index (χ3v) is 11.3. The Morgan fingerprint density at radius 2 is 0.900 bits per heavy atom. The lowest BCUT2D eigenvalue weighted by Gasteiger charge is -2.49. The maximum absolute atomic E-state index is 5.00. The van der Waals surface area contributed by atoms with Crippen LogP contribution < -0.4 is 0 Å². The molecule has 7 aromatic carbocycles. The largest absolute Gasteiger partial charge is 0.208 e. The Labute approximate surface area is 293 Å². The van der Waals surface area contributed by atoms with Crippen molar-refractivity contribution in [2.45, 2.75) is 38.5 Å². The first-order chi connectivity index (χ1) is 24.3. The van der Waals surface area contributed by atoms with E-state index in [2.05, 4.69) is 119 Å². The summed E-state index contributed by atoms with van der Waals surface area (Å²) >= 11 is 0. The number of benzene rings is 7. The van der Waals surface area contributed by atoms with Gasteiger partial charge < -0.3 is 0 Å². The van der Waals surface area contributed by atoms with Gasteiger partial charge in [-0.15, -0.1) is 0 Å². The van der Waals surface area contributed by atoms with Gasteiger partial charge in [-0.25, -0.2) is 15.0 Å². The highest BCUT2D eigenvalue weighted by Gasteiger charge is 2.46. The Kier molecular flexibility index (Phi) is 6.82. The minimum atomic E-state index is -0.120. The Hall–Kier alpha value is -5.93. The van der Waals surface area contributed by atoms with Crippen molar-refractivity contribution < 1.29 is 0 Å². The number of fused-ring (bicyclic) bond motifs is 7. The van der Waals surface area contributed by atoms with Crippen LogP contribution >= 0.6 is 0 Å². The van der Waals surface area contributed by atoms with E-state index >= 15 is 0 Å². The summed E-state index contributed by atoms with van der Waals surface area (Å²) in [6.07, 6.45) is 0. The second kappa shape index (κ2) is 11.3. The molecule has 1 aliphatic rings. The summed E-state index contributed by atoms with van der Waals surface area (Å²) in [7, 11) is 0. The highest BCUT2D eigenvalue weighted by molar-refractivity contribution is 6.16. The summed E-state index contributed by atoms with van der Waals surface area (Å²) in [5, 5.41) is 5.21. The van der Waals surface area contributed by atoms with Crippen molar-refractivity contribution in [1.29, 1.82) is 0 Å². The first kappa shape index (κ1) is 30.2. The van der Waals surface area contributed by atoms with Crippen molar-refractivity contribution in [3.63, 3.8) is 0 Å². The van der Waals surface area contributed by atoms with E-state index in [1.807, 2.05) is 60.7 Å². The van der Waals surface area contributed by atoms with Crippen LogP contribution in [0.2, 0.25) is 0 Å². The van der Waals surface area contributed by atoms with Gasteiger partial charge in [0.05, 0.1) is 0 Å². The molecule has 9 rings (SSSR count). The highest BCUT2D eigenvalue weighted by Crippen LogP contribution is 2.56. The first-order valence-corrected chi connectivity index (χ1v) is 17.4. The molecule has 0 fully saturated rings. The van der Waals surface area contributed by atoms with Gasteiger partial charge in [-0.1, -0.05) is 167 Å². The smallest absolute Gasteiger partial charge is 0.164 e. The fraction of sp³-hybridized carbons (Fsp3) is 0.128. The van der Waals surface area contributed by atoms with Gasteiger partial charge in [-0.05, 0) is 77.9 Å². The molecule has 0 bridgehead atoms. The molecule has 1 heterocycles. The number of hydrogen-bond donors (Lipinski definition) is 0. The topological polar surface area (TPSA) is 38.7 Å². The lowest BCUT2D eigenvalue weighted by Crippen LogP contribution is -2.43. The van der Waals surface area contributed by atoms with Crippen molar-refractivity contribution in [3.8, 4) is 56.4 Å². The average molecular weight is 644 g/mol. The molecule has 0 atom stereocenters. The molecule has 0 unspecified atom stereocenters. The van der Waals surface area contributed by atoms with Gasteiger partial charge >= 0.3 is 0 Å². The zero-order chi connectivity index (χ0) is 34.0. The van der Waals surface area contributed by atoms with Gasteiger partial charge in [0, 0.05) is 16.7 Å². The van der Waals surface area contributed by atoms with Crippen LogP contribution in [0, 0.1) is 0 Å². The van der Waals surface area contributed by atoms with Gasteiger partial charge in [0.15, 0.2) is 17.5 Å². The van der Waals surface area contributed by atoms with Crippen molar-refractivity contribution in [2.75, 3.05) is 0 Å². The summed E-state index contributed by atoms with van der Waals surface area (Å²) in [4.78, 5) is 14.9. The van der Waals surface area contributed by atoms with E-state index in [-0.39, 0.29) is 10.8 Å². The number of hydrogen-bond acceptors (Lipinski definition) is 3. The van der Waals surface area contributed by atoms with Crippen LogP contribution in [0.3, 0.4) is 0 Å². The monoisotopic (exact) mass is 643 g/mol. The zero-order valence-corrected chi connectivity index (χ0v) is 28.8. The molecular formula is C47H37N3. The maximum atomic E-state index is 5.00. The predicted octanol–water partition coefficient (Wildman–Crippen LogP) is 12.1. The molecule has 1 aromatic heterocycles. The normalized spacial score (nSPS) is 14.3. The van der Waals surface area contributed by atoms with E-state index < -0.39 is 0 Å². The van der Waals surface area contributed by atoms with Gasteiger partial charge in [0.25, 0.3) is 0 Å². The van der Waals surface area contributed by atoms with Crippen LogP contribution in [0.4, 0.5) is 0 Å². The number of aromatic nitrogens is 3. The van der Waals surface area contributed by atoms with Gasteiger partial charge in [-0.2, -0.15) is 0 Å². The number of nitrogens with zero attached hydrogens (tertiary/aromatic N) is 3. The van der Waals surface area contributed by atoms with E-state index in [9.17, 15) is 0 Å². The molecule has 8 aromatic rings. The van der Waals surface area contributed by atoms with Crippen LogP contribution in [-0.4, -0.2) is 15.0 Å². The quantitative estimate of drug-likeness (QED) is 0.179. The summed E-state index contributed by atoms with van der Waals surface area (Å²) in [5.74, 6) is 1.98. The second-order valence-corrected chi connectivity index (χ2v) is 14.5. The predicted molar refractivity (Wildman–Crippen MR) is 208 cm³/mol. The average Bonchev–Trinajstić information content (AvgIpc) is 3.17. The summed E-state index contributed by atoms with van der Waals surface area (Å²) < 4.78 is 0. The van der Waals surface area contributed by atoms with Crippen molar-refractivity contribution in [3.05, 3.63) is 163 Å². The Morgan fingerprint density at radius 3 is 1.60 bits per heavy atom. The fourth-order valence-electron chi connectivity index (χ4n) is 7.81. The highest BCUT2D eigenvalue weighted by atomic mass is 15.0. The molecule has 0 saturated heterocycles. The lowest BCUT2D eigenvalue weighted by molar-refractivity contribution is 0.299. The maximum Gasteiger partial charge on any atom is 0.164 e. The first-order valence-electron chi connectivity index (χ1n) is 17.4. The van der Waals surface area contributed by atoms with Crippen molar-refractivity contribution in [2.24, 2.45) is 0 Å². The molecule has 3 heteroatoms. The molecule has 3 nitrogen and oxygen atoms in total. The molecule has 0 aliphatic heterocycles. The Balaban J connectivity index is 1.21. The molecule has 240 valence electrons. The SMILES string of the molecule is CC1(C)c2cc(-c3cccc(-c4nc(-c5ccccc5)nc(-c5ccccc5)n4)c3)ccc2-c2c(ccc3ccc4ccccc4c23)C1(C)C. The zero-order valence-electron chi connectivity index (χ0n) is 28.8. The standard InChI is InChI=1S/C47H37N3/c1-46(2)39-27-25-31-23-22-30-14-11-12-21-37(30)41(31)42(39)38-26-24-35(29-40(38)47(46,3)4)34-19-13-20-36(28-34)45-49-43(32-15-7-5-8-16-32)48-44(50-45)33-17-9-6-10-18-33/h5-29H,1-4H3. The lowest BCUT2D eigenvalue weighted by atomic mass is 9.55. The Bertz CT molecular complexity index is 2530. The van der Waals surface area contributed by atoms with E-state index in [1.165, 1.54) is 49.4 Å². The van der Waals surface area contributed by atoms with Gasteiger partial charge in [0.2, 0.25) is 0 Å².